The average Bonchev–Trinajstić information content (AvgIpc) is 2.94. The number of esters is 1. The lowest BCUT2D eigenvalue weighted by molar-refractivity contribution is -0.119. The number of rotatable bonds is 5. The molecule has 7 heteroatoms. The van der Waals surface area contributed by atoms with E-state index in [1.165, 1.54) is 12.3 Å². The van der Waals surface area contributed by atoms with Crippen LogP contribution in [0.5, 0.6) is 0 Å². The van der Waals surface area contributed by atoms with Gasteiger partial charge >= 0.3 is 5.97 Å². The van der Waals surface area contributed by atoms with Crippen LogP contribution in [0.1, 0.15) is 21.7 Å². The lowest BCUT2D eigenvalue weighted by Gasteiger charge is -2.09. The minimum atomic E-state index is -0.608. The highest BCUT2D eigenvalue weighted by Crippen LogP contribution is 2.23. The number of hydrogen-bond donors (Lipinski definition) is 1. The number of nitriles is 1. The molecule has 1 heterocycles. The second kappa shape index (κ2) is 7.51. The van der Waals surface area contributed by atoms with Gasteiger partial charge < -0.3 is 14.5 Å². The number of hydrogen-bond acceptors (Lipinski definition) is 6. The smallest absolute Gasteiger partial charge is 0.342 e. The van der Waals surface area contributed by atoms with E-state index in [4.69, 9.17) is 14.4 Å². The second-order valence-electron chi connectivity index (χ2n) is 4.68. The Balaban J connectivity index is 1.91. The lowest BCUT2D eigenvalue weighted by Crippen LogP contribution is -2.21. The van der Waals surface area contributed by atoms with Crippen LogP contribution in [-0.2, 0) is 9.53 Å². The van der Waals surface area contributed by atoms with E-state index in [2.05, 4.69) is 5.32 Å². The van der Waals surface area contributed by atoms with Crippen molar-refractivity contribution < 1.29 is 18.7 Å². The number of benzene rings is 1. The molecule has 0 saturated carbocycles. The molecule has 1 aromatic heterocycles. The first kappa shape index (κ1) is 16.6. The van der Waals surface area contributed by atoms with Crippen molar-refractivity contribution in [3.05, 3.63) is 47.4 Å². The van der Waals surface area contributed by atoms with Gasteiger partial charge in [0.2, 0.25) is 0 Å². The summed E-state index contributed by atoms with van der Waals surface area (Å²) in [5, 5.41) is 13.3. The molecule has 1 aromatic carbocycles. The second-order valence-corrected chi connectivity index (χ2v) is 5.54. The molecule has 2 rings (SSSR count). The number of ether oxygens (including phenoxy) is 1. The predicted octanol–water partition coefficient (Wildman–Crippen LogP) is 3.27. The topological polar surface area (TPSA) is 92.3 Å². The first-order chi connectivity index (χ1) is 11.0. The third-order valence-electron chi connectivity index (χ3n) is 3.05. The van der Waals surface area contributed by atoms with Crippen molar-refractivity contribution >= 4 is 29.3 Å². The van der Waals surface area contributed by atoms with E-state index in [-0.39, 0.29) is 0 Å². The number of furan rings is 1. The Morgan fingerprint density at radius 3 is 2.74 bits per heavy atom. The van der Waals surface area contributed by atoms with Gasteiger partial charge in [0.25, 0.3) is 5.91 Å². The van der Waals surface area contributed by atoms with Crippen molar-refractivity contribution in [3.63, 3.8) is 0 Å². The molecule has 0 aliphatic heterocycles. The number of carbonyl (C=O) groups excluding carboxylic acids is 2. The minimum absolute atomic E-state index is 0.298. The van der Waals surface area contributed by atoms with Crippen molar-refractivity contribution in [2.24, 2.45) is 0 Å². The maximum Gasteiger partial charge on any atom is 0.342 e. The van der Waals surface area contributed by atoms with Gasteiger partial charge in [0.1, 0.15) is 16.7 Å². The molecule has 0 spiro atoms. The SMILES string of the molecule is Cc1cc(SC#N)ccc1NC(=O)COC(=O)c1ccoc1C. The Morgan fingerprint density at radius 2 is 2.13 bits per heavy atom. The average molecular weight is 330 g/mol. The quantitative estimate of drug-likeness (QED) is 0.514. The molecule has 118 valence electrons. The molecule has 23 heavy (non-hydrogen) atoms. The molecule has 0 saturated heterocycles. The van der Waals surface area contributed by atoms with Crippen molar-refractivity contribution in [1.29, 1.82) is 5.26 Å². The minimum Gasteiger partial charge on any atom is -0.469 e. The lowest BCUT2D eigenvalue weighted by atomic mass is 10.2. The zero-order valence-electron chi connectivity index (χ0n) is 12.6. The third-order valence-corrected chi connectivity index (χ3v) is 3.63. The molecule has 0 aliphatic rings. The van der Waals surface area contributed by atoms with Crippen molar-refractivity contribution in [2.75, 3.05) is 11.9 Å². The summed E-state index contributed by atoms with van der Waals surface area (Å²) in [6.07, 6.45) is 1.39. The van der Waals surface area contributed by atoms with Crippen LogP contribution in [0.25, 0.3) is 0 Å². The number of thiocyanates is 1. The highest BCUT2D eigenvalue weighted by molar-refractivity contribution is 8.03. The van der Waals surface area contributed by atoms with Gasteiger partial charge in [-0.25, -0.2) is 4.79 Å². The van der Waals surface area contributed by atoms with E-state index in [0.717, 1.165) is 22.2 Å². The van der Waals surface area contributed by atoms with E-state index < -0.39 is 18.5 Å². The zero-order valence-corrected chi connectivity index (χ0v) is 13.4. The summed E-state index contributed by atoms with van der Waals surface area (Å²) >= 11 is 1.05. The highest BCUT2D eigenvalue weighted by atomic mass is 32.2. The monoisotopic (exact) mass is 330 g/mol. The van der Waals surface area contributed by atoms with Crippen molar-refractivity contribution in [3.8, 4) is 5.40 Å². The summed E-state index contributed by atoms with van der Waals surface area (Å²) < 4.78 is 9.95. The van der Waals surface area contributed by atoms with Gasteiger partial charge in [-0.1, -0.05) is 0 Å². The molecule has 0 unspecified atom stereocenters. The summed E-state index contributed by atoms with van der Waals surface area (Å²) in [5.74, 6) is -0.607. The molecule has 2 aromatic rings. The summed E-state index contributed by atoms with van der Waals surface area (Å²) in [4.78, 5) is 24.4. The van der Waals surface area contributed by atoms with Crippen LogP contribution < -0.4 is 5.32 Å². The van der Waals surface area contributed by atoms with Gasteiger partial charge in [0.05, 0.1) is 6.26 Å². The van der Waals surface area contributed by atoms with Gasteiger partial charge in [-0.2, -0.15) is 5.26 Å². The first-order valence-electron chi connectivity index (χ1n) is 6.69. The molecule has 6 nitrogen and oxygen atoms in total. The van der Waals surface area contributed by atoms with Crippen LogP contribution in [0.2, 0.25) is 0 Å². The summed E-state index contributed by atoms with van der Waals surface area (Å²) in [7, 11) is 0. The Bertz CT molecular complexity index is 777. The Labute approximate surface area is 137 Å². The summed E-state index contributed by atoms with van der Waals surface area (Å²) in [6, 6.07) is 6.72. The molecule has 0 fully saturated rings. The number of thioether (sulfide) groups is 1. The standard InChI is InChI=1S/C16H14N2O4S/c1-10-7-12(23-9-17)3-4-14(10)18-15(19)8-22-16(20)13-5-6-21-11(13)2/h3-7H,8H2,1-2H3,(H,18,19). The fraction of sp³-hybridized carbons (Fsp3) is 0.188. The molecule has 0 bridgehead atoms. The predicted molar refractivity (Wildman–Crippen MR) is 85.0 cm³/mol. The van der Waals surface area contributed by atoms with Gasteiger partial charge in [-0.05, 0) is 55.4 Å². The number of carbonyl (C=O) groups is 2. The van der Waals surface area contributed by atoms with Crippen LogP contribution in [0, 0.1) is 24.5 Å². The molecule has 0 atom stereocenters. The van der Waals surface area contributed by atoms with E-state index in [9.17, 15) is 9.59 Å². The Kier molecular flexibility index (Phi) is 5.44. The van der Waals surface area contributed by atoms with Gasteiger partial charge in [-0.3, -0.25) is 4.79 Å². The van der Waals surface area contributed by atoms with E-state index in [1.54, 1.807) is 25.1 Å². The number of nitrogens with one attached hydrogen (secondary N) is 1. The molecule has 1 N–H and O–H groups in total. The maximum atomic E-state index is 11.9. The van der Waals surface area contributed by atoms with E-state index in [1.807, 2.05) is 12.3 Å². The molecule has 1 amide bonds. The fourth-order valence-electron chi connectivity index (χ4n) is 1.88. The first-order valence-corrected chi connectivity index (χ1v) is 7.50. The van der Waals surface area contributed by atoms with Crippen LogP contribution in [-0.4, -0.2) is 18.5 Å². The van der Waals surface area contributed by atoms with Crippen molar-refractivity contribution in [1.82, 2.24) is 0 Å². The van der Waals surface area contributed by atoms with Crippen LogP contribution >= 0.6 is 11.8 Å². The third kappa shape index (κ3) is 4.37. The molecule has 0 radical (unpaired) electrons. The van der Waals surface area contributed by atoms with E-state index >= 15 is 0 Å². The number of anilines is 1. The number of aryl methyl sites for hydroxylation is 2. The van der Waals surface area contributed by atoms with Crippen LogP contribution in [0.3, 0.4) is 0 Å². The van der Waals surface area contributed by atoms with Crippen molar-refractivity contribution in [2.45, 2.75) is 18.7 Å². The Hall–Kier alpha value is -2.72. The van der Waals surface area contributed by atoms with Gasteiger partial charge in [-0.15, -0.1) is 0 Å². The fourth-order valence-corrected chi connectivity index (χ4v) is 2.36. The van der Waals surface area contributed by atoms with Gasteiger partial charge in [0.15, 0.2) is 6.61 Å². The molecular weight excluding hydrogens is 316 g/mol. The highest BCUT2D eigenvalue weighted by Gasteiger charge is 2.15. The number of amides is 1. The largest absolute Gasteiger partial charge is 0.469 e. The summed E-state index contributed by atoms with van der Waals surface area (Å²) in [5.41, 5.74) is 1.72. The summed E-state index contributed by atoms with van der Waals surface area (Å²) in [6.45, 7) is 3.07. The molecule has 0 aliphatic carbocycles. The normalized spacial score (nSPS) is 9.96. The Morgan fingerprint density at radius 1 is 1.35 bits per heavy atom. The van der Waals surface area contributed by atoms with Crippen LogP contribution in [0.15, 0.2) is 39.8 Å². The van der Waals surface area contributed by atoms with Crippen LogP contribution in [0.4, 0.5) is 5.69 Å². The molecular formula is C16H14N2O4S. The number of nitrogens with zero attached hydrogens (tertiary/aromatic N) is 1. The van der Waals surface area contributed by atoms with Gasteiger partial charge in [0, 0.05) is 10.6 Å². The maximum absolute atomic E-state index is 11.9. The van der Waals surface area contributed by atoms with E-state index in [0.29, 0.717) is 17.0 Å². The zero-order chi connectivity index (χ0) is 16.8.